The summed E-state index contributed by atoms with van der Waals surface area (Å²) in [6, 6.07) is 6.35. The molecule has 2 aliphatic rings. The molecule has 0 radical (unpaired) electrons. The van der Waals surface area contributed by atoms with Gasteiger partial charge in [0.25, 0.3) is 0 Å². The van der Waals surface area contributed by atoms with Gasteiger partial charge in [0.2, 0.25) is 0 Å². The molecule has 0 amide bonds. The van der Waals surface area contributed by atoms with Gasteiger partial charge >= 0.3 is 0 Å². The first-order valence-electron chi connectivity index (χ1n) is 5.86. The van der Waals surface area contributed by atoms with Crippen LogP contribution in [0.5, 0.6) is 0 Å². The zero-order valence-electron chi connectivity index (χ0n) is 9.18. The quantitative estimate of drug-likeness (QED) is 0.628. The molecule has 1 aromatic rings. The van der Waals surface area contributed by atoms with Crippen LogP contribution in [-0.2, 0) is 6.42 Å². The van der Waals surface area contributed by atoms with E-state index in [1.165, 1.54) is 24.0 Å². The van der Waals surface area contributed by atoms with Gasteiger partial charge in [-0.25, -0.2) is 0 Å². The molecule has 0 atom stereocenters. The Hall–Kier alpha value is -1.11. The number of rotatable bonds is 0. The molecule has 1 nitrogen and oxygen atoms in total. The first-order valence-corrected chi connectivity index (χ1v) is 5.86. The lowest BCUT2D eigenvalue weighted by molar-refractivity contribution is 0.0827. The summed E-state index contributed by atoms with van der Waals surface area (Å²) in [6.07, 6.45) is 5.69. The monoisotopic (exact) mass is 200 g/mol. The van der Waals surface area contributed by atoms with E-state index < -0.39 is 0 Å². The van der Waals surface area contributed by atoms with E-state index >= 15 is 0 Å². The van der Waals surface area contributed by atoms with Gasteiger partial charge in [-0.1, -0.05) is 30.5 Å². The number of benzene rings is 1. The molecule has 78 valence electrons. The second-order valence-corrected chi connectivity index (χ2v) is 5.15. The third kappa shape index (κ3) is 1.19. The molecule has 0 heterocycles. The number of carbonyl (C=O) groups excluding carboxylic acids is 1. The summed E-state index contributed by atoms with van der Waals surface area (Å²) >= 11 is 0. The first kappa shape index (κ1) is 9.14. The van der Waals surface area contributed by atoms with Crippen molar-refractivity contribution in [1.29, 1.82) is 0 Å². The molecule has 0 unspecified atom stereocenters. The van der Waals surface area contributed by atoms with Crippen molar-refractivity contribution in [2.24, 2.45) is 5.41 Å². The number of Topliss-reactive ketones (excluding diaryl/α,β-unsaturated/α-hetero) is 1. The number of aryl methyl sites for hydroxylation is 1. The van der Waals surface area contributed by atoms with Gasteiger partial charge in [-0.3, -0.25) is 4.79 Å². The second kappa shape index (κ2) is 2.94. The third-order valence-corrected chi connectivity index (χ3v) is 4.08. The fraction of sp³-hybridized carbons (Fsp3) is 0.500. The molecule has 1 saturated carbocycles. The minimum absolute atomic E-state index is 0.0100. The van der Waals surface area contributed by atoms with Crippen molar-refractivity contribution in [3.63, 3.8) is 0 Å². The van der Waals surface area contributed by atoms with E-state index in [9.17, 15) is 4.79 Å². The van der Waals surface area contributed by atoms with E-state index in [1.54, 1.807) is 0 Å². The van der Waals surface area contributed by atoms with Crippen LogP contribution in [0.25, 0.3) is 0 Å². The normalized spacial score (nSPS) is 22.3. The average molecular weight is 200 g/mol. The number of ketones is 1. The van der Waals surface area contributed by atoms with Gasteiger partial charge in [0, 0.05) is 11.0 Å². The fourth-order valence-corrected chi connectivity index (χ4v) is 3.24. The minimum Gasteiger partial charge on any atom is -0.294 e. The van der Waals surface area contributed by atoms with E-state index in [0.29, 0.717) is 5.78 Å². The molecule has 1 aromatic carbocycles. The van der Waals surface area contributed by atoms with Crippen molar-refractivity contribution in [2.75, 3.05) is 0 Å². The van der Waals surface area contributed by atoms with Crippen LogP contribution in [0.1, 0.15) is 47.2 Å². The molecule has 0 aromatic heterocycles. The lowest BCUT2D eigenvalue weighted by atomic mass is 9.82. The Balaban J connectivity index is 2.09. The Morgan fingerprint density at radius 1 is 1.20 bits per heavy atom. The summed E-state index contributed by atoms with van der Waals surface area (Å²) in [5.74, 6) is 0.429. The maximum Gasteiger partial charge on any atom is 0.169 e. The molecule has 0 saturated heterocycles. The van der Waals surface area contributed by atoms with Gasteiger partial charge in [-0.05, 0) is 37.8 Å². The molecular weight excluding hydrogens is 184 g/mol. The predicted octanol–water partition coefficient (Wildman–Crippen LogP) is 3.29. The summed E-state index contributed by atoms with van der Waals surface area (Å²) < 4.78 is 0. The molecule has 0 bridgehead atoms. The number of carbonyl (C=O) groups is 1. The molecule has 1 fully saturated rings. The van der Waals surface area contributed by atoms with E-state index in [4.69, 9.17) is 0 Å². The highest BCUT2D eigenvalue weighted by Gasteiger charge is 2.46. The molecular formula is C14H16O. The van der Waals surface area contributed by atoms with Gasteiger partial charge in [0.1, 0.15) is 0 Å². The van der Waals surface area contributed by atoms with Crippen molar-refractivity contribution in [2.45, 2.75) is 39.0 Å². The summed E-state index contributed by atoms with van der Waals surface area (Å²) in [7, 11) is 0. The van der Waals surface area contributed by atoms with Gasteiger partial charge in [0.05, 0.1) is 0 Å². The number of fused-ring (bicyclic) bond motifs is 1. The van der Waals surface area contributed by atoms with Crippen LogP contribution in [-0.4, -0.2) is 5.78 Å². The van der Waals surface area contributed by atoms with Gasteiger partial charge in [0.15, 0.2) is 5.78 Å². The summed E-state index contributed by atoms with van der Waals surface area (Å²) in [5, 5.41) is 0. The van der Waals surface area contributed by atoms with Crippen LogP contribution < -0.4 is 0 Å². The Morgan fingerprint density at radius 2 is 1.93 bits per heavy atom. The van der Waals surface area contributed by atoms with Crippen molar-refractivity contribution in [1.82, 2.24) is 0 Å². The maximum atomic E-state index is 12.4. The SMILES string of the molecule is Cc1ccc2c(c1)C(=O)C1(CCCC1)C2. The van der Waals surface area contributed by atoms with Crippen LogP contribution in [0.2, 0.25) is 0 Å². The fourth-order valence-electron chi connectivity index (χ4n) is 3.24. The Bertz CT molecular complexity index is 425. The van der Waals surface area contributed by atoms with E-state index in [2.05, 4.69) is 25.1 Å². The Labute approximate surface area is 90.5 Å². The van der Waals surface area contributed by atoms with Crippen LogP contribution >= 0.6 is 0 Å². The zero-order chi connectivity index (χ0) is 10.5. The topological polar surface area (TPSA) is 17.1 Å². The molecule has 0 aliphatic heterocycles. The van der Waals surface area contributed by atoms with E-state index in [0.717, 1.165) is 24.8 Å². The number of hydrogen-bond acceptors (Lipinski definition) is 1. The smallest absolute Gasteiger partial charge is 0.169 e. The zero-order valence-corrected chi connectivity index (χ0v) is 9.18. The lowest BCUT2D eigenvalue weighted by Crippen LogP contribution is -2.23. The molecule has 0 N–H and O–H groups in total. The van der Waals surface area contributed by atoms with Gasteiger partial charge in [-0.2, -0.15) is 0 Å². The van der Waals surface area contributed by atoms with Crippen LogP contribution in [0.4, 0.5) is 0 Å². The minimum atomic E-state index is 0.0100. The summed E-state index contributed by atoms with van der Waals surface area (Å²) in [6.45, 7) is 2.06. The van der Waals surface area contributed by atoms with E-state index in [1.807, 2.05) is 0 Å². The van der Waals surface area contributed by atoms with Gasteiger partial charge in [-0.15, -0.1) is 0 Å². The Morgan fingerprint density at radius 3 is 2.67 bits per heavy atom. The highest BCUT2D eigenvalue weighted by atomic mass is 16.1. The van der Waals surface area contributed by atoms with Crippen molar-refractivity contribution in [3.05, 3.63) is 34.9 Å². The molecule has 2 aliphatic carbocycles. The van der Waals surface area contributed by atoms with Crippen molar-refractivity contribution >= 4 is 5.78 Å². The highest BCUT2D eigenvalue weighted by Crippen LogP contribution is 2.48. The maximum absolute atomic E-state index is 12.4. The molecule has 3 rings (SSSR count). The second-order valence-electron chi connectivity index (χ2n) is 5.15. The molecule has 15 heavy (non-hydrogen) atoms. The summed E-state index contributed by atoms with van der Waals surface area (Å²) in [5.41, 5.74) is 3.51. The van der Waals surface area contributed by atoms with Crippen LogP contribution in [0, 0.1) is 12.3 Å². The van der Waals surface area contributed by atoms with Crippen molar-refractivity contribution in [3.8, 4) is 0 Å². The van der Waals surface area contributed by atoms with Crippen LogP contribution in [0.15, 0.2) is 18.2 Å². The van der Waals surface area contributed by atoms with E-state index in [-0.39, 0.29) is 5.41 Å². The Kier molecular flexibility index (Phi) is 1.79. The van der Waals surface area contributed by atoms with Crippen molar-refractivity contribution < 1.29 is 4.79 Å². The standard InChI is InChI=1S/C14H16O/c1-10-4-5-11-9-14(6-2-3-7-14)13(15)12(11)8-10/h4-5,8H,2-3,6-7,9H2,1H3. The predicted molar refractivity (Wildman–Crippen MR) is 60.1 cm³/mol. The third-order valence-electron chi connectivity index (χ3n) is 4.08. The summed E-state index contributed by atoms with van der Waals surface area (Å²) in [4.78, 5) is 12.4. The first-order chi connectivity index (χ1) is 7.21. The average Bonchev–Trinajstić information content (AvgIpc) is 2.78. The lowest BCUT2D eigenvalue weighted by Gasteiger charge is -2.19. The molecule has 1 spiro atoms. The highest BCUT2D eigenvalue weighted by molar-refractivity contribution is 6.05. The molecule has 1 heteroatoms. The van der Waals surface area contributed by atoms with Gasteiger partial charge < -0.3 is 0 Å². The largest absolute Gasteiger partial charge is 0.294 e. The number of hydrogen-bond donors (Lipinski definition) is 0. The van der Waals surface area contributed by atoms with Crippen LogP contribution in [0.3, 0.4) is 0 Å².